The first kappa shape index (κ1) is 18.7. The fraction of sp³-hybridized carbons (Fsp3) is 0.600. The van der Waals surface area contributed by atoms with Crippen molar-refractivity contribution in [3.8, 4) is 0 Å². The molecular formula is C20H29N3O3. The van der Waals surface area contributed by atoms with Gasteiger partial charge < -0.3 is 20.3 Å². The van der Waals surface area contributed by atoms with Crippen molar-refractivity contribution < 1.29 is 14.3 Å². The molecule has 0 bridgehead atoms. The van der Waals surface area contributed by atoms with Gasteiger partial charge in [0.2, 0.25) is 11.8 Å². The number of hydrogen-bond donors (Lipinski definition) is 2. The topological polar surface area (TPSA) is 70.7 Å². The van der Waals surface area contributed by atoms with Crippen LogP contribution in [0.5, 0.6) is 0 Å². The van der Waals surface area contributed by atoms with Crippen molar-refractivity contribution in [3.05, 3.63) is 29.8 Å². The van der Waals surface area contributed by atoms with Crippen molar-refractivity contribution in [1.82, 2.24) is 10.6 Å². The highest BCUT2D eigenvalue weighted by Gasteiger charge is 2.31. The minimum atomic E-state index is -0.425. The van der Waals surface area contributed by atoms with Crippen LogP contribution in [0.4, 0.5) is 5.69 Å². The number of ether oxygens (including phenoxy) is 1. The molecule has 0 aromatic heterocycles. The molecule has 1 aliphatic heterocycles. The number of nitrogens with zero attached hydrogens (tertiary/aromatic N) is 1. The van der Waals surface area contributed by atoms with E-state index in [0.717, 1.165) is 63.2 Å². The fourth-order valence-corrected chi connectivity index (χ4v) is 3.97. The first-order valence-electron chi connectivity index (χ1n) is 9.60. The Hall–Kier alpha value is -2.08. The molecule has 1 saturated heterocycles. The molecule has 3 rings (SSSR count). The molecule has 0 unspecified atom stereocenters. The van der Waals surface area contributed by atoms with Crippen LogP contribution in [-0.4, -0.2) is 44.2 Å². The number of para-hydroxylation sites is 1. The lowest BCUT2D eigenvalue weighted by molar-refractivity contribution is -0.129. The van der Waals surface area contributed by atoms with E-state index >= 15 is 0 Å². The van der Waals surface area contributed by atoms with Crippen molar-refractivity contribution in [1.29, 1.82) is 0 Å². The molecule has 2 fully saturated rings. The van der Waals surface area contributed by atoms with Gasteiger partial charge in [-0.2, -0.15) is 0 Å². The molecule has 2 amide bonds. The molecule has 6 heteroatoms. The number of anilines is 1. The Morgan fingerprint density at radius 3 is 2.58 bits per heavy atom. The molecular weight excluding hydrogens is 330 g/mol. The zero-order chi connectivity index (χ0) is 18.4. The third-order valence-corrected chi connectivity index (χ3v) is 5.31. The highest BCUT2D eigenvalue weighted by molar-refractivity contribution is 5.87. The van der Waals surface area contributed by atoms with E-state index in [0.29, 0.717) is 6.54 Å². The van der Waals surface area contributed by atoms with Gasteiger partial charge >= 0.3 is 0 Å². The SMILES string of the molecule is CC(=O)N[C@H](C(=O)NCc1ccccc1N1CCOCC1)C1CCCC1. The van der Waals surface area contributed by atoms with E-state index in [1.165, 1.54) is 6.92 Å². The summed E-state index contributed by atoms with van der Waals surface area (Å²) in [5.41, 5.74) is 2.24. The van der Waals surface area contributed by atoms with Crippen LogP contribution in [0, 0.1) is 5.92 Å². The molecule has 1 saturated carbocycles. The fourth-order valence-electron chi connectivity index (χ4n) is 3.97. The van der Waals surface area contributed by atoms with Gasteiger partial charge in [0, 0.05) is 32.2 Å². The number of hydrogen-bond acceptors (Lipinski definition) is 4. The molecule has 0 radical (unpaired) electrons. The normalized spacial score (nSPS) is 19.2. The van der Waals surface area contributed by atoms with Crippen LogP contribution in [0.1, 0.15) is 38.2 Å². The number of morpholine rings is 1. The first-order valence-corrected chi connectivity index (χ1v) is 9.60. The molecule has 1 atom stereocenters. The molecule has 1 aliphatic carbocycles. The minimum Gasteiger partial charge on any atom is -0.378 e. The van der Waals surface area contributed by atoms with E-state index in [-0.39, 0.29) is 17.7 Å². The lowest BCUT2D eigenvalue weighted by Crippen LogP contribution is -2.49. The average Bonchev–Trinajstić information content (AvgIpc) is 3.19. The van der Waals surface area contributed by atoms with Gasteiger partial charge in [-0.1, -0.05) is 31.0 Å². The average molecular weight is 359 g/mol. The van der Waals surface area contributed by atoms with Gasteiger partial charge in [-0.05, 0) is 30.4 Å². The smallest absolute Gasteiger partial charge is 0.243 e. The minimum absolute atomic E-state index is 0.0797. The van der Waals surface area contributed by atoms with E-state index in [1.807, 2.05) is 18.2 Å². The summed E-state index contributed by atoms with van der Waals surface area (Å²) in [6.45, 7) is 5.13. The maximum atomic E-state index is 12.8. The standard InChI is InChI=1S/C20H29N3O3/c1-15(24)22-19(16-6-2-3-7-16)20(25)21-14-17-8-4-5-9-18(17)23-10-12-26-13-11-23/h4-5,8-9,16,19H,2-3,6-7,10-14H2,1H3,(H,21,25)(H,22,24)/t19-/m0/s1. The van der Waals surface area contributed by atoms with Crippen LogP contribution in [-0.2, 0) is 20.9 Å². The molecule has 142 valence electrons. The maximum absolute atomic E-state index is 12.8. The van der Waals surface area contributed by atoms with Gasteiger partial charge in [0.05, 0.1) is 13.2 Å². The molecule has 0 spiro atoms. The van der Waals surface area contributed by atoms with Gasteiger partial charge in [0.15, 0.2) is 0 Å². The van der Waals surface area contributed by atoms with E-state index in [4.69, 9.17) is 4.74 Å². The largest absolute Gasteiger partial charge is 0.378 e. The third-order valence-electron chi connectivity index (χ3n) is 5.31. The Balaban J connectivity index is 1.65. The van der Waals surface area contributed by atoms with Crippen molar-refractivity contribution in [3.63, 3.8) is 0 Å². The van der Waals surface area contributed by atoms with E-state index in [1.54, 1.807) is 0 Å². The highest BCUT2D eigenvalue weighted by atomic mass is 16.5. The van der Waals surface area contributed by atoms with E-state index in [9.17, 15) is 9.59 Å². The lowest BCUT2D eigenvalue weighted by Gasteiger charge is -2.31. The van der Waals surface area contributed by atoms with Crippen molar-refractivity contribution >= 4 is 17.5 Å². The molecule has 6 nitrogen and oxygen atoms in total. The van der Waals surface area contributed by atoms with Gasteiger partial charge in [-0.3, -0.25) is 9.59 Å². The van der Waals surface area contributed by atoms with Crippen molar-refractivity contribution in [2.75, 3.05) is 31.2 Å². The van der Waals surface area contributed by atoms with E-state index < -0.39 is 6.04 Å². The van der Waals surface area contributed by atoms with Gasteiger partial charge in [-0.25, -0.2) is 0 Å². The molecule has 2 N–H and O–H groups in total. The molecule has 2 aliphatic rings. The third kappa shape index (κ3) is 4.75. The predicted octanol–water partition coefficient (Wildman–Crippen LogP) is 1.83. The number of rotatable bonds is 6. The summed E-state index contributed by atoms with van der Waals surface area (Å²) >= 11 is 0. The summed E-state index contributed by atoms with van der Waals surface area (Å²) < 4.78 is 5.43. The van der Waals surface area contributed by atoms with Gasteiger partial charge in [0.25, 0.3) is 0 Å². The van der Waals surface area contributed by atoms with Crippen LogP contribution in [0.2, 0.25) is 0 Å². The van der Waals surface area contributed by atoms with Crippen molar-refractivity contribution in [2.45, 2.75) is 45.2 Å². The second-order valence-corrected chi connectivity index (χ2v) is 7.17. The molecule has 1 heterocycles. The highest BCUT2D eigenvalue weighted by Crippen LogP contribution is 2.28. The first-order chi connectivity index (χ1) is 12.6. The predicted molar refractivity (Wildman–Crippen MR) is 101 cm³/mol. The summed E-state index contributed by atoms with van der Waals surface area (Å²) in [5.74, 6) is 0.0167. The Morgan fingerprint density at radius 1 is 1.19 bits per heavy atom. The summed E-state index contributed by atoms with van der Waals surface area (Å²) in [6.07, 6.45) is 4.27. The van der Waals surface area contributed by atoms with Crippen molar-refractivity contribution in [2.24, 2.45) is 5.92 Å². The van der Waals surface area contributed by atoms with Crippen LogP contribution >= 0.6 is 0 Å². The van der Waals surface area contributed by atoms with Crippen LogP contribution in [0.3, 0.4) is 0 Å². The van der Waals surface area contributed by atoms with Gasteiger partial charge in [-0.15, -0.1) is 0 Å². The zero-order valence-electron chi connectivity index (χ0n) is 15.5. The summed E-state index contributed by atoms with van der Waals surface area (Å²) in [4.78, 5) is 26.6. The Kier molecular flexibility index (Phi) is 6.50. The number of carbonyl (C=O) groups is 2. The maximum Gasteiger partial charge on any atom is 0.243 e. The van der Waals surface area contributed by atoms with Gasteiger partial charge in [0.1, 0.15) is 6.04 Å². The Bertz CT molecular complexity index is 622. The Morgan fingerprint density at radius 2 is 1.88 bits per heavy atom. The number of amides is 2. The summed E-state index contributed by atoms with van der Waals surface area (Å²) in [7, 11) is 0. The number of carbonyl (C=O) groups excluding carboxylic acids is 2. The second-order valence-electron chi connectivity index (χ2n) is 7.17. The number of nitrogens with one attached hydrogen (secondary N) is 2. The molecule has 1 aromatic carbocycles. The quantitative estimate of drug-likeness (QED) is 0.813. The Labute approximate surface area is 155 Å². The summed E-state index contributed by atoms with van der Waals surface area (Å²) in [6, 6.07) is 7.73. The van der Waals surface area contributed by atoms with E-state index in [2.05, 4.69) is 21.6 Å². The van der Waals surface area contributed by atoms with Crippen LogP contribution in [0.25, 0.3) is 0 Å². The summed E-state index contributed by atoms with van der Waals surface area (Å²) in [5, 5.41) is 5.91. The lowest BCUT2D eigenvalue weighted by atomic mass is 9.97. The molecule has 1 aromatic rings. The van der Waals surface area contributed by atoms with Crippen LogP contribution < -0.4 is 15.5 Å². The van der Waals surface area contributed by atoms with Crippen LogP contribution in [0.15, 0.2) is 24.3 Å². The monoisotopic (exact) mass is 359 g/mol. The molecule has 26 heavy (non-hydrogen) atoms. The number of benzene rings is 1. The zero-order valence-corrected chi connectivity index (χ0v) is 15.5. The second kappa shape index (κ2) is 9.03.